The number of halogens is 1. The Kier molecular flexibility index (Phi) is 4.56. The van der Waals surface area contributed by atoms with E-state index in [2.05, 4.69) is 43.6 Å². The van der Waals surface area contributed by atoms with E-state index >= 15 is 0 Å². The van der Waals surface area contributed by atoms with E-state index in [4.69, 9.17) is 0 Å². The lowest BCUT2D eigenvalue weighted by Crippen LogP contribution is -2.15. The highest BCUT2D eigenvalue weighted by Gasteiger charge is 2.26. The average Bonchev–Trinajstić information content (AvgIpc) is 2.45. The number of rotatable bonds is 4. The topological polar surface area (TPSA) is 37.3 Å². The molecule has 0 unspecified atom stereocenters. The minimum Gasteiger partial charge on any atom is -0.477 e. The smallest absolute Gasteiger partial charge is 0.346 e. The first-order valence-corrected chi connectivity index (χ1v) is 6.98. The molecule has 0 aromatic carbocycles. The first kappa shape index (κ1) is 13.7. The van der Waals surface area contributed by atoms with Crippen LogP contribution in [0.3, 0.4) is 0 Å². The minimum absolute atomic E-state index is 0.300. The fourth-order valence-corrected chi connectivity index (χ4v) is 3.79. The second-order valence-electron chi connectivity index (χ2n) is 4.65. The van der Waals surface area contributed by atoms with Crippen LogP contribution in [0.2, 0.25) is 0 Å². The Morgan fingerprint density at radius 3 is 2.19 bits per heavy atom. The summed E-state index contributed by atoms with van der Waals surface area (Å²) in [5.74, 6) is 0.366. The van der Waals surface area contributed by atoms with Crippen LogP contribution in [0.1, 0.15) is 48.8 Å². The van der Waals surface area contributed by atoms with Crippen molar-refractivity contribution in [3.05, 3.63) is 20.3 Å². The van der Waals surface area contributed by atoms with Crippen LogP contribution in [0.4, 0.5) is 0 Å². The van der Waals surface area contributed by atoms with E-state index in [1.54, 1.807) is 0 Å². The fourth-order valence-electron chi connectivity index (χ4n) is 2.28. The summed E-state index contributed by atoms with van der Waals surface area (Å²) in [5, 5.41) is 9.18. The molecule has 0 atom stereocenters. The van der Waals surface area contributed by atoms with Gasteiger partial charge in [0.15, 0.2) is 0 Å². The normalized spacial score (nSPS) is 11.8. The zero-order valence-electron chi connectivity index (χ0n) is 9.95. The van der Waals surface area contributed by atoms with Crippen LogP contribution in [-0.2, 0) is 0 Å². The summed E-state index contributed by atoms with van der Waals surface area (Å²) in [5.41, 5.74) is 0.967. The van der Waals surface area contributed by atoms with Crippen molar-refractivity contribution in [2.24, 2.45) is 11.8 Å². The SMILES string of the molecule is CC(C)C(c1cc(Br)sc1C(=O)O)C(C)C. The highest BCUT2D eigenvalue weighted by Crippen LogP contribution is 2.39. The second kappa shape index (κ2) is 5.32. The van der Waals surface area contributed by atoms with Crippen LogP contribution < -0.4 is 0 Å². The third-order valence-electron chi connectivity index (χ3n) is 2.72. The fraction of sp³-hybridized carbons (Fsp3) is 0.583. The monoisotopic (exact) mass is 304 g/mol. The van der Waals surface area contributed by atoms with Crippen LogP contribution in [0, 0.1) is 11.8 Å². The van der Waals surface area contributed by atoms with Gasteiger partial charge in [-0.3, -0.25) is 0 Å². The largest absolute Gasteiger partial charge is 0.477 e. The van der Waals surface area contributed by atoms with Gasteiger partial charge in [0.25, 0.3) is 0 Å². The molecule has 0 saturated carbocycles. The molecule has 0 radical (unpaired) electrons. The van der Waals surface area contributed by atoms with E-state index in [9.17, 15) is 9.90 Å². The molecule has 0 aliphatic carbocycles. The highest BCUT2D eigenvalue weighted by atomic mass is 79.9. The summed E-state index contributed by atoms with van der Waals surface area (Å²) in [6, 6.07) is 1.96. The van der Waals surface area contributed by atoms with Crippen molar-refractivity contribution in [3.63, 3.8) is 0 Å². The molecule has 0 aliphatic rings. The second-order valence-corrected chi connectivity index (χ2v) is 7.09. The maximum atomic E-state index is 11.2. The van der Waals surface area contributed by atoms with E-state index in [1.165, 1.54) is 11.3 Å². The summed E-state index contributed by atoms with van der Waals surface area (Å²) in [7, 11) is 0. The molecule has 0 aliphatic heterocycles. The lowest BCUT2D eigenvalue weighted by Gasteiger charge is -2.24. The van der Waals surface area contributed by atoms with Crippen LogP contribution >= 0.6 is 27.3 Å². The van der Waals surface area contributed by atoms with Gasteiger partial charge in [0, 0.05) is 0 Å². The quantitative estimate of drug-likeness (QED) is 0.882. The molecule has 0 fully saturated rings. The number of aromatic carboxylic acids is 1. The molecule has 0 spiro atoms. The van der Waals surface area contributed by atoms with Crippen molar-refractivity contribution in [1.82, 2.24) is 0 Å². The summed E-state index contributed by atoms with van der Waals surface area (Å²) >= 11 is 4.68. The third-order valence-corrected chi connectivity index (χ3v) is 4.36. The van der Waals surface area contributed by atoms with Gasteiger partial charge < -0.3 is 5.11 Å². The first-order valence-electron chi connectivity index (χ1n) is 5.37. The van der Waals surface area contributed by atoms with Crippen LogP contribution in [0.5, 0.6) is 0 Å². The zero-order valence-corrected chi connectivity index (χ0v) is 12.4. The Morgan fingerprint density at radius 1 is 1.31 bits per heavy atom. The van der Waals surface area contributed by atoms with Crippen molar-refractivity contribution in [2.45, 2.75) is 33.6 Å². The van der Waals surface area contributed by atoms with E-state index in [-0.39, 0.29) is 0 Å². The summed E-state index contributed by atoms with van der Waals surface area (Å²) in [4.78, 5) is 11.6. The molecule has 1 rings (SSSR count). The van der Waals surface area contributed by atoms with Crippen molar-refractivity contribution in [2.75, 3.05) is 0 Å². The van der Waals surface area contributed by atoms with Crippen molar-refractivity contribution in [3.8, 4) is 0 Å². The van der Waals surface area contributed by atoms with Gasteiger partial charge in [-0.1, -0.05) is 27.7 Å². The molecule has 1 heterocycles. The van der Waals surface area contributed by atoms with Crippen LogP contribution in [-0.4, -0.2) is 11.1 Å². The van der Waals surface area contributed by atoms with Gasteiger partial charge in [-0.05, 0) is 45.3 Å². The summed E-state index contributed by atoms with van der Waals surface area (Å²) in [6.07, 6.45) is 0. The Hall–Kier alpha value is -0.350. The van der Waals surface area contributed by atoms with E-state index in [1.807, 2.05) is 6.07 Å². The molecule has 1 aromatic heterocycles. The lowest BCUT2D eigenvalue weighted by molar-refractivity contribution is 0.0700. The molecule has 2 nitrogen and oxygen atoms in total. The Morgan fingerprint density at radius 2 is 1.81 bits per heavy atom. The Labute approximate surface area is 109 Å². The molecule has 0 saturated heterocycles. The maximum Gasteiger partial charge on any atom is 0.346 e. The Bertz CT molecular complexity index is 374. The van der Waals surface area contributed by atoms with Gasteiger partial charge in [0.1, 0.15) is 4.88 Å². The molecule has 16 heavy (non-hydrogen) atoms. The summed E-state index contributed by atoms with van der Waals surface area (Å²) < 4.78 is 0.895. The average molecular weight is 305 g/mol. The van der Waals surface area contributed by atoms with Gasteiger partial charge in [0.2, 0.25) is 0 Å². The molecule has 90 valence electrons. The maximum absolute atomic E-state index is 11.2. The number of thiophene rings is 1. The molecule has 4 heteroatoms. The lowest BCUT2D eigenvalue weighted by atomic mass is 9.80. The van der Waals surface area contributed by atoms with Gasteiger partial charge >= 0.3 is 5.97 Å². The summed E-state index contributed by atoms with van der Waals surface area (Å²) in [6.45, 7) is 8.56. The van der Waals surface area contributed by atoms with Crippen molar-refractivity contribution >= 4 is 33.2 Å². The molecule has 1 aromatic rings. The van der Waals surface area contributed by atoms with Crippen LogP contribution in [0.25, 0.3) is 0 Å². The van der Waals surface area contributed by atoms with Gasteiger partial charge in [-0.15, -0.1) is 11.3 Å². The Balaban J connectivity index is 3.23. The van der Waals surface area contributed by atoms with E-state index in [0.29, 0.717) is 22.6 Å². The predicted octanol–water partition coefficient (Wildman–Crippen LogP) is 4.60. The molecular formula is C12H17BrO2S. The highest BCUT2D eigenvalue weighted by molar-refractivity contribution is 9.11. The van der Waals surface area contributed by atoms with E-state index in [0.717, 1.165) is 9.35 Å². The molecule has 0 amide bonds. The molecule has 1 N–H and O–H groups in total. The number of hydrogen-bond donors (Lipinski definition) is 1. The standard InChI is InChI=1S/C12H17BrO2S/c1-6(2)10(7(3)4)8-5-9(13)16-11(8)12(14)15/h5-7,10H,1-4H3,(H,14,15). The van der Waals surface area contributed by atoms with Gasteiger partial charge in [-0.25, -0.2) is 4.79 Å². The first-order chi connectivity index (χ1) is 7.34. The number of carboxylic acid groups (broad SMARTS) is 1. The third kappa shape index (κ3) is 2.86. The van der Waals surface area contributed by atoms with E-state index < -0.39 is 5.97 Å². The number of carboxylic acids is 1. The number of carbonyl (C=O) groups is 1. The van der Waals surface area contributed by atoms with Gasteiger partial charge in [-0.2, -0.15) is 0 Å². The predicted molar refractivity (Wildman–Crippen MR) is 71.4 cm³/mol. The molecular weight excluding hydrogens is 288 g/mol. The van der Waals surface area contributed by atoms with Crippen LogP contribution in [0.15, 0.2) is 9.85 Å². The van der Waals surface area contributed by atoms with Crippen molar-refractivity contribution in [1.29, 1.82) is 0 Å². The zero-order chi connectivity index (χ0) is 12.5. The van der Waals surface area contributed by atoms with Gasteiger partial charge in [0.05, 0.1) is 3.79 Å². The molecule has 0 bridgehead atoms. The van der Waals surface area contributed by atoms with Crippen molar-refractivity contribution < 1.29 is 9.90 Å². The number of hydrogen-bond acceptors (Lipinski definition) is 2. The minimum atomic E-state index is -0.822.